The van der Waals surface area contributed by atoms with Crippen molar-refractivity contribution in [1.29, 1.82) is 5.26 Å². The van der Waals surface area contributed by atoms with Crippen molar-refractivity contribution in [3.05, 3.63) is 57.9 Å². The lowest BCUT2D eigenvalue weighted by atomic mass is 10.1. The zero-order chi connectivity index (χ0) is 24.3. The molecule has 0 aromatic carbocycles. The van der Waals surface area contributed by atoms with Gasteiger partial charge in [0, 0.05) is 25.3 Å². The minimum atomic E-state index is -4.81. The van der Waals surface area contributed by atoms with Crippen molar-refractivity contribution in [1.82, 2.24) is 30.2 Å². The van der Waals surface area contributed by atoms with Crippen LogP contribution in [0.1, 0.15) is 29.8 Å². The zero-order valence-electron chi connectivity index (χ0n) is 18.0. The molecule has 1 atom stereocenters. The third-order valence-corrected chi connectivity index (χ3v) is 5.15. The van der Waals surface area contributed by atoms with Crippen LogP contribution in [0.15, 0.2) is 35.5 Å². The molecule has 0 saturated carbocycles. The Labute approximate surface area is 191 Å². The highest BCUT2D eigenvalue weighted by Gasteiger charge is 2.37. The van der Waals surface area contributed by atoms with Crippen LogP contribution < -0.4 is 15.8 Å². The van der Waals surface area contributed by atoms with Gasteiger partial charge in [0.1, 0.15) is 23.1 Å². The maximum absolute atomic E-state index is 13.1. The number of nitrogens with one attached hydrogen (secondary N) is 2. The summed E-state index contributed by atoms with van der Waals surface area (Å²) < 4.78 is 46.7. The summed E-state index contributed by atoms with van der Waals surface area (Å²) in [5.41, 5.74) is -1.98. The van der Waals surface area contributed by atoms with Gasteiger partial charge in [-0.2, -0.15) is 23.5 Å². The molecule has 178 valence electrons. The topological polar surface area (TPSA) is 138 Å². The molecule has 0 bridgehead atoms. The van der Waals surface area contributed by atoms with Crippen LogP contribution in [0.4, 0.5) is 24.7 Å². The number of aromatic nitrogens is 6. The molecule has 2 N–H and O–H groups in total. The number of pyridine rings is 1. The Bertz CT molecular complexity index is 1230. The molecule has 4 heterocycles. The molecule has 1 aliphatic rings. The second-order valence-electron chi connectivity index (χ2n) is 7.81. The summed E-state index contributed by atoms with van der Waals surface area (Å²) in [4.78, 5) is 17.8. The SMILES string of the molecule is CC(COCc1cn(C2CN(c3ccc(C#N)cn3)C2)nn1)Nc1cn[nH]c(=O)c1C(F)(F)F. The van der Waals surface area contributed by atoms with Crippen molar-refractivity contribution < 1.29 is 17.9 Å². The molecule has 1 saturated heterocycles. The van der Waals surface area contributed by atoms with Crippen LogP contribution in [-0.4, -0.2) is 55.9 Å². The first-order valence-corrected chi connectivity index (χ1v) is 10.3. The Morgan fingerprint density at radius 3 is 2.82 bits per heavy atom. The normalized spacial score (nSPS) is 15.0. The lowest BCUT2D eigenvalue weighted by Gasteiger charge is -2.39. The number of hydrogen-bond acceptors (Lipinski definition) is 9. The smallest absolute Gasteiger partial charge is 0.378 e. The average molecular weight is 475 g/mol. The summed E-state index contributed by atoms with van der Waals surface area (Å²) in [6, 6.07) is 5.13. The van der Waals surface area contributed by atoms with Crippen LogP contribution in [0.25, 0.3) is 0 Å². The Hall–Kier alpha value is -3.99. The Balaban J connectivity index is 1.25. The van der Waals surface area contributed by atoms with E-state index in [2.05, 4.69) is 30.6 Å². The number of nitriles is 1. The van der Waals surface area contributed by atoms with E-state index < -0.39 is 29.0 Å². The Morgan fingerprint density at radius 1 is 1.35 bits per heavy atom. The van der Waals surface area contributed by atoms with Gasteiger partial charge in [0.2, 0.25) is 0 Å². The maximum atomic E-state index is 13.1. The predicted octanol–water partition coefficient (Wildman–Crippen LogP) is 1.73. The van der Waals surface area contributed by atoms with E-state index in [1.54, 1.807) is 35.0 Å². The first kappa shape index (κ1) is 23.2. The minimum Gasteiger partial charge on any atom is -0.378 e. The number of hydrogen-bond donors (Lipinski definition) is 2. The second-order valence-corrected chi connectivity index (χ2v) is 7.81. The predicted molar refractivity (Wildman–Crippen MR) is 113 cm³/mol. The fraction of sp³-hybridized carbons (Fsp3) is 0.400. The number of anilines is 2. The van der Waals surface area contributed by atoms with Gasteiger partial charge in [-0.15, -0.1) is 5.10 Å². The van der Waals surface area contributed by atoms with E-state index in [0.717, 1.165) is 12.0 Å². The second kappa shape index (κ2) is 9.48. The van der Waals surface area contributed by atoms with Crippen molar-refractivity contribution in [2.45, 2.75) is 31.8 Å². The third kappa shape index (κ3) is 5.15. The Morgan fingerprint density at radius 2 is 2.15 bits per heavy atom. The zero-order valence-corrected chi connectivity index (χ0v) is 18.0. The molecule has 1 unspecified atom stereocenters. The molecule has 34 heavy (non-hydrogen) atoms. The van der Waals surface area contributed by atoms with Crippen LogP contribution in [0.5, 0.6) is 0 Å². The fourth-order valence-electron chi connectivity index (χ4n) is 3.44. The fourth-order valence-corrected chi connectivity index (χ4v) is 3.44. The van der Waals surface area contributed by atoms with E-state index in [4.69, 9.17) is 10.00 Å². The van der Waals surface area contributed by atoms with Crippen molar-refractivity contribution in [2.75, 3.05) is 29.9 Å². The van der Waals surface area contributed by atoms with E-state index in [-0.39, 0.29) is 19.3 Å². The van der Waals surface area contributed by atoms with Crippen molar-refractivity contribution in [2.24, 2.45) is 0 Å². The van der Waals surface area contributed by atoms with Crippen molar-refractivity contribution in [3.63, 3.8) is 0 Å². The highest BCUT2D eigenvalue weighted by Crippen LogP contribution is 2.31. The lowest BCUT2D eigenvalue weighted by Crippen LogP contribution is -2.48. The number of H-pyrrole nitrogens is 1. The van der Waals surface area contributed by atoms with Gasteiger partial charge in [-0.25, -0.2) is 14.8 Å². The number of rotatable bonds is 8. The van der Waals surface area contributed by atoms with Crippen molar-refractivity contribution >= 4 is 11.5 Å². The van der Waals surface area contributed by atoms with Gasteiger partial charge in [-0.05, 0) is 19.1 Å². The summed E-state index contributed by atoms with van der Waals surface area (Å²) in [5.74, 6) is 0.782. The number of ether oxygens (including phenoxy) is 1. The Kier molecular flexibility index (Phi) is 6.46. The van der Waals surface area contributed by atoms with Gasteiger partial charge in [-0.3, -0.25) is 4.79 Å². The summed E-state index contributed by atoms with van der Waals surface area (Å²) >= 11 is 0. The molecule has 14 heteroatoms. The largest absolute Gasteiger partial charge is 0.423 e. The lowest BCUT2D eigenvalue weighted by molar-refractivity contribution is -0.138. The van der Waals surface area contributed by atoms with Gasteiger partial charge in [0.05, 0.1) is 42.9 Å². The first-order chi connectivity index (χ1) is 16.2. The summed E-state index contributed by atoms with van der Waals surface area (Å²) in [7, 11) is 0. The molecule has 1 fully saturated rings. The van der Waals surface area contributed by atoms with Crippen LogP contribution in [-0.2, 0) is 17.5 Å². The van der Waals surface area contributed by atoms with Gasteiger partial charge in [-0.1, -0.05) is 5.21 Å². The molecule has 3 aromatic heterocycles. The standard InChI is InChI=1S/C20H20F3N9O2/c1-12(27-16-6-26-29-19(33)18(16)20(21,22)23)10-34-11-14-7-32(30-28-14)15-8-31(9-15)17-3-2-13(4-24)5-25-17/h2-3,5-7,12,15H,8-11H2,1H3,(H2,27,29,33). The number of halogens is 3. The third-order valence-electron chi connectivity index (χ3n) is 5.15. The highest BCUT2D eigenvalue weighted by molar-refractivity contribution is 5.50. The van der Waals surface area contributed by atoms with E-state index in [1.165, 1.54) is 6.20 Å². The molecule has 11 nitrogen and oxygen atoms in total. The van der Waals surface area contributed by atoms with Crippen LogP contribution >= 0.6 is 0 Å². The number of aromatic amines is 1. The van der Waals surface area contributed by atoms with Crippen molar-refractivity contribution in [3.8, 4) is 6.07 Å². The number of nitrogens with zero attached hydrogens (tertiary/aromatic N) is 7. The molecule has 0 radical (unpaired) electrons. The molecular formula is C20H20F3N9O2. The van der Waals surface area contributed by atoms with E-state index in [1.807, 2.05) is 6.07 Å². The molecule has 4 rings (SSSR count). The first-order valence-electron chi connectivity index (χ1n) is 10.3. The van der Waals surface area contributed by atoms with Crippen LogP contribution in [0.2, 0.25) is 0 Å². The molecular weight excluding hydrogens is 455 g/mol. The molecule has 0 spiro atoms. The van der Waals surface area contributed by atoms with Gasteiger partial charge >= 0.3 is 6.18 Å². The minimum absolute atomic E-state index is 0.0680. The van der Waals surface area contributed by atoms with E-state index in [9.17, 15) is 18.0 Å². The van der Waals surface area contributed by atoms with Gasteiger partial charge < -0.3 is 15.0 Å². The highest BCUT2D eigenvalue weighted by atomic mass is 19.4. The van der Waals surface area contributed by atoms with E-state index >= 15 is 0 Å². The van der Waals surface area contributed by atoms with Gasteiger partial charge in [0.15, 0.2) is 0 Å². The number of alkyl halides is 3. The van der Waals surface area contributed by atoms with E-state index in [0.29, 0.717) is 24.3 Å². The molecule has 1 aliphatic heterocycles. The molecule has 0 amide bonds. The average Bonchev–Trinajstić information content (AvgIpc) is 3.20. The summed E-state index contributed by atoms with van der Waals surface area (Å²) in [6.07, 6.45) is -0.610. The van der Waals surface area contributed by atoms with Gasteiger partial charge in [0.25, 0.3) is 5.56 Å². The molecule has 3 aromatic rings. The summed E-state index contributed by atoms with van der Waals surface area (Å²) in [6.45, 7) is 3.20. The summed E-state index contributed by atoms with van der Waals surface area (Å²) in [5, 5.41) is 24.9. The van der Waals surface area contributed by atoms with Crippen LogP contribution in [0.3, 0.4) is 0 Å². The quantitative estimate of drug-likeness (QED) is 0.499. The molecule has 0 aliphatic carbocycles. The maximum Gasteiger partial charge on any atom is 0.423 e. The van der Waals surface area contributed by atoms with Crippen LogP contribution in [0, 0.1) is 11.3 Å². The monoisotopic (exact) mass is 475 g/mol.